The van der Waals surface area contributed by atoms with Gasteiger partial charge in [-0.25, -0.2) is 4.98 Å². The van der Waals surface area contributed by atoms with Gasteiger partial charge in [-0.1, -0.05) is 19.8 Å². The fraction of sp³-hybridized carbons (Fsp3) is 0.800. The van der Waals surface area contributed by atoms with Crippen molar-refractivity contribution in [1.29, 1.82) is 0 Å². The third-order valence-electron chi connectivity index (χ3n) is 4.72. The summed E-state index contributed by atoms with van der Waals surface area (Å²) in [4.78, 5) is 4.39. The molecule has 1 N–H and O–H groups in total. The van der Waals surface area contributed by atoms with Gasteiger partial charge in [0.1, 0.15) is 0 Å². The van der Waals surface area contributed by atoms with E-state index < -0.39 is 0 Å². The van der Waals surface area contributed by atoms with E-state index in [2.05, 4.69) is 28.0 Å². The number of aromatic nitrogens is 2. The summed E-state index contributed by atoms with van der Waals surface area (Å²) < 4.78 is 2.43. The first-order valence-electron chi connectivity index (χ1n) is 7.53. The summed E-state index contributed by atoms with van der Waals surface area (Å²) in [6, 6.07) is 0. The van der Waals surface area contributed by atoms with Crippen LogP contribution in [-0.2, 0) is 6.54 Å². The van der Waals surface area contributed by atoms with Gasteiger partial charge in [0.05, 0.1) is 6.33 Å². The SMILES string of the molecule is CC1CCCC(Cn2cncc2C2CCNC2)C1. The standard InChI is InChI=1S/C15H25N3/c1-12-3-2-4-13(7-12)10-18-11-17-9-15(18)14-5-6-16-8-14/h9,11-14,16H,2-8,10H2,1H3. The van der Waals surface area contributed by atoms with Gasteiger partial charge in [-0.15, -0.1) is 0 Å². The van der Waals surface area contributed by atoms with E-state index in [-0.39, 0.29) is 0 Å². The minimum Gasteiger partial charge on any atom is -0.334 e. The number of hydrogen-bond acceptors (Lipinski definition) is 2. The largest absolute Gasteiger partial charge is 0.334 e. The molecular weight excluding hydrogens is 222 g/mol. The van der Waals surface area contributed by atoms with Crippen LogP contribution >= 0.6 is 0 Å². The lowest BCUT2D eigenvalue weighted by Gasteiger charge is -2.28. The van der Waals surface area contributed by atoms with Gasteiger partial charge in [0.2, 0.25) is 0 Å². The predicted molar refractivity (Wildman–Crippen MR) is 73.6 cm³/mol. The lowest BCUT2D eigenvalue weighted by Crippen LogP contribution is -2.20. The summed E-state index contributed by atoms with van der Waals surface area (Å²) in [5.74, 6) is 2.48. The molecule has 0 amide bonds. The lowest BCUT2D eigenvalue weighted by molar-refractivity contribution is 0.254. The number of imidazole rings is 1. The summed E-state index contributed by atoms with van der Waals surface area (Å²) in [7, 11) is 0. The highest BCUT2D eigenvalue weighted by Crippen LogP contribution is 2.31. The second kappa shape index (κ2) is 5.43. The first kappa shape index (κ1) is 12.2. The van der Waals surface area contributed by atoms with Gasteiger partial charge in [-0.05, 0) is 37.6 Å². The smallest absolute Gasteiger partial charge is 0.0948 e. The number of hydrogen-bond donors (Lipinski definition) is 1. The Bertz CT molecular complexity index is 379. The predicted octanol–water partition coefficient (Wildman–Crippen LogP) is 2.79. The topological polar surface area (TPSA) is 29.9 Å². The van der Waals surface area contributed by atoms with Crippen LogP contribution in [-0.4, -0.2) is 22.6 Å². The normalized spacial score (nSPS) is 32.8. The van der Waals surface area contributed by atoms with E-state index in [4.69, 9.17) is 0 Å². The van der Waals surface area contributed by atoms with Crippen molar-refractivity contribution in [3.63, 3.8) is 0 Å². The summed E-state index contributed by atoms with van der Waals surface area (Å²) in [6.07, 6.45) is 11.1. The van der Waals surface area contributed by atoms with Crippen LogP contribution < -0.4 is 5.32 Å². The van der Waals surface area contributed by atoms with Crippen molar-refractivity contribution in [1.82, 2.24) is 14.9 Å². The Balaban J connectivity index is 1.66. The van der Waals surface area contributed by atoms with Gasteiger partial charge >= 0.3 is 0 Å². The Kier molecular flexibility index (Phi) is 3.69. The molecule has 2 fully saturated rings. The molecular formula is C15H25N3. The van der Waals surface area contributed by atoms with Crippen molar-refractivity contribution < 1.29 is 0 Å². The second-order valence-electron chi connectivity index (χ2n) is 6.30. The zero-order valence-corrected chi connectivity index (χ0v) is 11.4. The van der Waals surface area contributed by atoms with E-state index in [1.54, 1.807) is 0 Å². The first-order valence-corrected chi connectivity index (χ1v) is 7.53. The van der Waals surface area contributed by atoms with E-state index >= 15 is 0 Å². The van der Waals surface area contributed by atoms with E-state index in [0.29, 0.717) is 5.92 Å². The number of rotatable bonds is 3. The van der Waals surface area contributed by atoms with Gasteiger partial charge in [0.25, 0.3) is 0 Å². The quantitative estimate of drug-likeness (QED) is 0.890. The molecule has 3 heteroatoms. The van der Waals surface area contributed by atoms with Crippen LogP contribution in [0, 0.1) is 11.8 Å². The third kappa shape index (κ3) is 2.61. The molecule has 1 aromatic rings. The number of nitrogens with zero attached hydrogens (tertiary/aromatic N) is 2. The first-order chi connectivity index (χ1) is 8.83. The van der Waals surface area contributed by atoms with Crippen LogP contribution in [0.25, 0.3) is 0 Å². The molecule has 2 heterocycles. The van der Waals surface area contributed by atoms with Crippen molar-refractivity contribution >= 4 is 0 Å². The Morgan fingerprint density at radius 2 is 2.33 bits per heavy atom. The maximum absolute atomic E-state index is 4.39. The highest BCUT2D eigenvalue weighted by atomic mass is 15.1. The molecule has 1 aromatic heterocycles. The van der Waals surface area contributed by atoms with Crippen LogP contribution in [0.4, 0.5) is 0 Å². The molecule has 18 heavy (non-hydrogen) atoms. The van der Waals surface area contributed by atoms with Gasteiger partial charge < -0.3 is 9.88 Å². The summed E-state index contributed by atoms with van der Waals surface area (Å²) >= 11 is 0. The molecule has 100 valence electrons. The molecule has 3 nitrogen and oxygen atoms in total. The Morgan fingerprint density at radius 3 is 3.11 bits per heavy atom. The highest BCUT2D eigenvalue weighted by Gasteiger charge is 2.23. The van der Waals surface area contributed by atoms with Gasteiger partial charge in [0.15, 0.2) is 0 Å². The summed E-state index contributed by atoms with van der Waals surface area (Å²) in [6.45, 7) is 5.89. The van der Waals surface area contributed by atoms with Crippen molar-refractivity contribution in [3.05, 3.63) is 18.2 Å². The maximum atomic E-state index is 4.39. The van der Waals surface area contributed by atoms with Crippen LogP contribution in [0.2, 0.25) is 0 Å². The average molecular weight is 247 g/mol. The van der Waals surface area contributed by atoms with E-state index in [9.17, 15) is 0 Å². The van der Waals surface area contributed by atoms with Crippen molar-refractivity contribution in [2.45, 2.75) is 51.5 Å². The average Bonchev–Trinajstić information content (AvgIpc) is 2.98. The fourth-order valence-corrected chi connectivity index (χ4v) is 3.73. The van der Waals surface area contributed by atoms with Gasteiger partial charge in [-0.3, -0.25) is 0 Å². The molecule has 0 radical (unpaired) electrons. The molecule has 0 bridgehead atoms. The van der Waals surface area contributed by atoms with Crippen LogP contribution in [0.1, 0.15) is 50.6 Å². The van der Waals surface area contributed by atoms with E-state index in [1.807, 2.05) is 6.33 Å². The van der Waals surface area contributed by atoms with Crippen LogP contribution in [0.3, 0.4) is 0 Å². The van der Waals surface area contributed by atoms with Crippen molar-refractivity contribution in [2.75, 3.05) is 13.1 Å². The summed E-state index contributed by atoms with van der Waals surface area (Å²) in [5, 5.41) is 3.46. The molecule has 2 aliphatic rings. The molecule has 3 unspecified atom stereocenters. The highest BCUT2D eigenvalue weighted by molar-refractivity contribution is 5.09. The van der Waals surface area contributed by atoms with E-state index in [1.165, 1.54) is 44.3 Å². The van der Waals surface area contributed by atoms with E-state index in [0.717, 1.165) is 24.9 Å². The molecule has 3 rings (SSSR count). The van der Waals surface area contributed by atoms with Gasteiger partial charge in [0, 0.05) is 30.9 Å². The molecule has 3 atom stereocenters. The maximum Gasteiger partial charge on any atom is 0.0948 e. The lowest BCUT2D eigenvalue weighted by atomic mass is 9.82. The minimum atomic E-state index is 0.688. The molecule has 1 saturated heterocycles. The Labute approximate surface area is 110 Å². The minimum absolute atomic E-state index is 0.688. The molecule has 0 spiro atoms. The third-order valence-corrected chi connectivity index (χ3v) is 4.72. The number of nitrogens with one attached hydrogen (secondary N) is 1. The fourth-order valence-electron chi connectivity index (χ4n) is 3.73. The summed E-state index contributed by atoms with van der Waals surface area (Å²) in [5.41, 5.74) is 1.46. The Morgan fingerprint density at radius 1 is 1.39 bits per heavy atom. The zero-order valence-electron chi connectivity index (χ0n) is 11.4. The molecule has 1 saturated carbocycles. The van der Waals surface area contributed by atoms with Crippen molar-refractivity contribution in [2.24, 2.45) is 11.8 Å². The zero-order chi connectivity index (χ0) is 12.4. The monoisotopic (exact) mass is 247 g/mol. The van der Waals surface area contributed by atoms with Crippen LogP contribution in [0.5, 0.6) is 0 Å². The second-order valence-corrected chi connectivity index (χ2v) is 6.30. The molecule has 0 aromatic carbocycles. The molecule has 1 aliphatic heterocycles. The van der Waals surface area contributed by atoms with Gasteiger partial charge in [-0.2, -0.15) is 0 Å². The van der Waals surface area contributed by atoms with Crippen LogP contribution in [0.15, 0.2) is 12.5 Å². The molecule has 1 aliphatic carbocycles. The Hall–Kier alpha value is -0.830. The van der Waals surface area contributed by atoms with Crippen molar-refractivity contribution in [3.8, 4) is 0 Å².